The SMILES string of the molecule is COc1ccc([C@@H](c2cnn(C)c2)c2nc(NC3CCOCC3)nc3cc(C(N)=O)ccc23)nc1. The second-order valence-corrected chi connectivity index (χ2v) is 8.56. The van der Waals surface area contributed by atoms with Crippen molar-refractivity contribution in [2.45, 2.75) is 24.8 Å². The quantitative estimate of drug-likeness (QED) is 0.419. The third-order valence-electron chi connectivity index (χ3n) is 6.19. The number of nitrogens with two attached hydrogens (primary N) is 1. The van der Waals surface area contributed by atoms with Crippen molar-refractivity contribution in [1.29, 1.82) is 0 Å². The normalized spacial score (nSPS) is 15.1. The van der Waals surface area contributed by atoms with Gasteiger partial charge in [0.1, 0.15) is 5.75 Å². The minimum atomic E-state index is -0.508. The van der Waals surface area contributed by atoms with Gasteiger partial charge in [0.15, 0.2) is 0 Å². The zero-order chi connectivity index (χ0) is 24.4. The molecule has 1 saturated heterocycles. The van der Waals surface area contributed by atoms with E-state index in [0.29, 0.717) is 36.0 Å². The Hall–Kier alpha value is -4.05. The number of anilines is 1. The molecular weight excluding hydrogens is 446 g/mol. The van der Waals surface area contributed by atoms with Crippen molar-refractivity contribution < 1.29 is 14.3 Å². The molecule has 10 nitrogen and oxygen atoms in total. The number of primary amides is 1. The summed E-state index contributed by atoms with van der Waals surface area (Å²) in [7, 11) is 3.48. The van der Waals surface area contributed by atoms with Gasteiger partial charge in [-0.25, -0.2) is 9.97 Å². The number of aromatic nitrogens is 5. The number of carbonyl (C=O) groups is 1. The molecule has 4 heterocycles. The second kappa shape index (κ2) is 9.67. The molecule has 0 bridgehead atoms. The average Bonchev–Trinajstić information content (AvgIpc) is 3.30. The number of carbonyl (C=O) groups excluding carboxylic acids is 1. The van der Waals surface area contributed by atoms with Gasteiger partial charge in [0.05, 0.1) is 42.3 Å². The Labute approximate surface area is 202 Å². The number of ether oxygens (including phenoxy) is 2. The maximum Gasteiger partial charge on any atom is 0.248 e. The first-order valence-corrected chi connectivity index (χ1v) is 11.5. The molecular formula is C25H27N7O3. The lowest BCUT2D eigenvalue weighted by Crippen LogP contribution is -2.29. The molecule has 1 fully saturated rings. The van der Waals surface area contributed by atoms with E-state index in [2.05, 4.69) is 15.4 Å². The number of rotatable bonds is 7. The highest BCUT2D eigenvalue weighted by atomic mass is 16.5. The molecule has 3 N–H and O–H groups in total. The molecule has 1 amide bonds. The molecule has 5 rings (SSSR count). The minimum Gasteiger partial charge on any atom is -0.495 e. The standard InChI is InChI=1S/C25H27N7O3/c1-32-14-16(12-28-32)22(20-6-4-18(34-2)13-27-20)23-19-5-3-15(24(26)33)11-21(19)30-25(31-23)29-17-7-9-35-10-8-17/h3-6,11-14,17,22H,7-10H2,1-2H3,(H2,26,33)(H,29,30,31)/t22-/m1/s1. The number of aryl methyl sites for hydroxylation is 1. The van der Waals surface area contributed by atoms with Gasteiger partial charge in [-0.15, -0.1) is 0 Å². The number of fused-ring (bicyclic) bond motifs is 1. The smallest absolute Gasteiger partial charge is 0.248 e. The Morgan fingerprint density at radius 3 is 2.69 bits per heavy atom. The predicted octanol–water partition coefficient (Wildman–Crippen LogP) is 2.64. The van der Waals surface area contributed by atoms with Gasteiger partial charge in [-0.1, -0.05) is 6.07 Å². The van der Waals surface area contributed by atoms with Gasteiger partial charge in [0.25, 0.3) is 0 Å². The van der Waals surface area contributed by atoms with Crippen molar-refractivity contribution in [3.63, 3.8) is 0 Å². The van der Waals surface area contributed by atoms with Crippen LogP contribution < -0.4 is 15.8 Å². The Balaban J connectivity index is 1.69. The van der Waals surface area contributed by atoms with Crippen molar-refractivity contribution in [3.8, 4) is 5.75 Å². The molecule has 0 unspecified atom stereocenters. The number of pyridine rings is 1. The molecule has 1 aromatic carbocycles. The second-order valence-electron chi connectivity index (χ2n) is 8.56. The fourth-order valence-corrected chi connectivity index (χ4v) is 4.36. The van der Waals surface area contributed by atoms with Crippen LogP contribution in [-0.2, 0) is 11.8 Å². The lowest BCUT2D eigenvalue weighted by Gasteiger charge is -2.24. The predicted molar refractivity (Wildman–Crippen MR) is 130 cm³/mol. The number of amides is 1. The highest BCUT2D eigenvalue weighted by molar-refractivity contribution is 5.97. The van der Waals surface area contributed by atoms with E-state index in [1.807, 2.05) is 37.6 Å². The maximum atomic E-state index is 11.9. The van der Waals surface area contributed by atoms with E-state index < -0.39 is 5.91 Å². The molecule has 1 atom stereocenters. The van der Waals surface area contributed by atoms with E-state index in [-0.39, 0.29) is 12.0 Å². The first-order valence-electron chi connectivity index (χ1n) is 11.5. The van der Waals surface area contributed by atoms with Crippen LogP contribution in [0.4, 0.5) is 5.95 Å². The molecule has 1 aliphatic heterocycles. The minimum absolute atomic E-state index is 0.198. The van der Waals surface area contributed by atoms with Crippen LogP contribution in [0.5, 0.6) is 5.75 Å². The molecule has 0 saturated carbocycles. The van der Waals surface area contributed by atoms with Crippen LogP contribution >= 0.6 is 0 Å². The number of nitrogens with zero attached hydrogens (tertiary/aromatic N) is 5. The molecule has 0 spiro atoms. The van der Waals surface area contributed by atoms with Gasteiger partial charge < -0.3 is 20.5 Å². The largest absolute Gasteiger partial charge is 0.495 e. The zero-order valence-electron chi connectivity index (χ0n) is 19.6. The summed E-state index contributed by atoms with van der Waals surface area (Å²) in [5.74, 6) is 0.323. The fraction of sp³-hybridized carbons (Fsp3) is 0.320. The third kappa shape index (κ3) is 4.78. The Morgan fingerprint density at radius 2 is 2.03 bits per heavy atom. The van der Waals surface area contributed by atoms with Crippen LogP contribution in [0.15, 0.2) is 48.9 Å². The highest BCUT2D eigenvalue weighted by Gasteiger charge is 2.26. The first kappa shape index (κ1) is 22.7. The fourth-order valence-electron chi connectivity index (χ4n) is 4.36. The monoisotopic (exact) mass is 473 g/mol. The van der Waals surface area contributed by atoms with Gasteiger partial charge in [-0.2, -0.15) is 5.10 Å². The lowest BCUT2D eigenvalue weighted by molar-refractivity contribution is 0.0903. The van der Waals surface area contributed by atoms with Crippen molar-refractivity contribution >= 4 is 22.8 Å². The van der Waals surface area contributed by atoms with E-state index in [4.69, 9.17) is 25.2 Å². The molecule has 10 heteroatoms. The summed E-state index contributed by atoms with van der Waals surface area (Å²) < 4.78 is 12.5. The van der Waals surface area contributed by atoms with Gasteiger partial charge in [-0.3, -0.25) is 14.5 Å². The number of hydrogen-bond acceptors (Lipinski definition) is 8. The maximum absolute atomic E-state index is 11.9. The molecule has 4 aromatic rings. The number of hydrogen-bond donors (Lipinski definition) is 2. The number of benzene rings is 1. The lowest BCUT2D eigenvalue weighted by atomic mass is 9.91. The van der Waals surface area contributed by atoms with E-state index >= 15 is 0 Å². The number of methoxy groups -OCH3 is 1. The van der Waals surface area contributed by atoms with Crippen molar-refractivity contribution in [2.24, 2.45) is 12.8 Å². The van der Waals surface area contributed by atoms with Crippen LogP contribution in [0.3, 0.4) is 0 Å². The Kier molecular flexibility index (Phi) is 6.28. The van der Waals surface area contributed by atoms with E-state index in [0.717, 1.165) is 35.2 Å². The molecule has 1 aliphatic rings. The molecule has 0 aliphatic carbocycles. The van der Waals surface area contributed by atoms with Crippen molar-refractivity contribution in [3.05, 3.63) is 71.4 Å². The van der Waals surface area contributed by atoms with E-state index in [9.17, 15) is 4.79 Å². The average molecular weight is 474 g/mol. The summed E-state index contributed by atoms with van der Waals surface area (Å²) in [5.41, 5.74) is 9.05. The van der Waals surface area contributed by atoms with Crippen LogP contribution in [0.1, 0.15) is 46.1 Å². The molecule has 180 valence electrons. The topological polar surface area (TPSA) is 130 Å². The summed E-state index contributed by atoms with van der Waals surface area (Å²) in [5, 5.41) is 8.65. The zero-order valence-corrected chi connectivity index (χ0v) is 19.6. The highest BCUT2D eigenvalue weighted by Crippen LogP contribution is 2.35. The Morgan fingerprint density at radius 1 is 1.20 bits per heavy atom. The molecule has 0 radical (unpaired) electrons. The number of nitrogens with one attached hydrogen (secondary N) is 1. The van der Waals surface area contributed by atoms with Crippen LogP contribution in [-0.4, -0.2) is 57.0 Å². The van der Waals surface area contributed by atoms with Gasteiger partial charge in [0, 0.05) is 49.0 Å². The van der Waals surface area contributed by atoms with E-state index in [1.165, 1.54) is 0 Å². The van der Waals surface area contributed by atoms with Gasteiger partial charge >= 0.3 is 0 Å². The van der Waals surface area contributed by atoms with Crippen LogP contribution in [0.2, 0.25) is 0 Å². The summed E-state index contributed by atoms with van der Waals surface area (Å²) in [6.07, 6.45) is 7.18. The summed E-state index contributed by atoms with van der Waals surface area (Å²) in [4.78, 5) is 26.3. The van der Waals surface area contributed by atoms with Crippen molar-refractivity contribution in [2.75, 3.05) is 25.6 Å². The summed E-state index contributed by atoms with van der Waals surface area (Å²) >= 11 is 0. The Bertz CT molecular complexity index is 1350. The van der Waals surface area contributed by atoms with Crippen LogP contribution in [0, 0.1) is 0 Å². The summed E-state index contributed by atoms with van der Waals surface area (Å²) in [6.45, 7) is 1.38. The van der Waals surface area contributed by atoms with Gasteiger partial charge in [-0.05, 0) is 37.1 Å². The van der Waals surface area contributed by atoms with E-state index in [1.54, 1.807) is 30.1 Å². The van der Waals surface area contributed by atoms with Crippen LogP contribution in [0.25, 0.3) is 10.9 Å². The summed E-state index contributed by atoms with van der Waals surface area (Å²) in [6, 6.07) is 9.25. The molecule has 35 heavy (non-hydrogen) atoms. The van der Waals surface area contributed by atoms with Gasteiger partial charge in [0.2, 0.25) is 11.9 Å². The first-order chi connectivity index (χ1) is 17.0. The molecule has 3 aromatic heterocycles. The third-order valence-corrected chi connectivity index (χ3v) is 6.19. The van der Waals surface area contributed by atoms with Crippen molar-refractivity contribution in [1.82, 2.24) is 24.7 Å².